The van der Waals surface area contributed by atoms with Gasteiger partial charge in [-0.1, -0.05) is 13.8 Å². The van der Waals surface area contributed by atoms with Crippen molar-refractivity contribution >= 4 is 0 Å². The molecular formula is C12H21N3O2. The fourth-order valence-corrected chi connectivity index (χ4v) is 2.15. The van der Waals surface area contributed by atoms with E-state index in [1.165, 1.54) is 0 Å². The average Bonchev–Trinajstić information content (AvgIpc) is 2.86. The largest absolute Gasteiger partial charge is 0.423 e. The molecule has 1 aromatic heterocycles. The van der Waals surface area contributed by atoms with Gasteiger partial charge in [0, 0.05) is 19.1 Å². The minimum atomic E-state index is 0.182. The first-order chi connectivity index (χ1) is 8.35. The summed E-state index contributed by atoms with van der Waals surface area (Å²) in [5.74, 6) is 1.87. The van der Waals surface area contributed by atoms with Crippen LogP contribution in [0.1, 0.15) is 56.9 Å². The lowest BCUT2D eigenvalue weighted by Crippen LogP contribution is -2.20. The van der Waals surface area contributed by atoms with Gasteiger partial charge in [-0.25, -0.2) is 0 Å². The first-order valence-electron chi connectivity index (χ1n) is 6.49. The van der Waals surface area contributed by atoms with Crippen molar-refractivity contribution in [1.29, 1.82) is 0 Å². The summed E-state index contributed by atoms with van der Waals surface area (Å²) in [6.07, 6.45) is 2.93. The highest BCUT2D eigenvalue weighted by Gasteiger charge is 2.23. The van der Waals surface area contributed by atoms with Crippen molar-refractivity contribution in [1.82, 2.24) is 15.5 Å². The molecule has 0 saturated carbocycles. The second-order valence-corrected chi connectivity index (χ2v) is 4.38. The maximum atomic E-state index is 5.79. The van der Waals surface area contributed by atoms with E-state index in [1.54, 1.807) is 0 Å². The predicted molar refractivity (Wildman–Crippen MR) is 63.8 cm³/mol. The Labute approximate surface area is 102 Å². The molecule has 1 saturated heterocycles. The summed E-state index contributed by atoms with van der Waals surface area (Å²) in [5, 5.41) is 11.7. The van der Waals surface area contributed by atoms with E-state index in [-0.39, 0.29) is 6.04 Å². The lowest BCUT2D eigenvalue weighted by Gasteiger charge is -2.18. The predicted octanol–water partition coefficient (Wildman–Crippen LogP) is 2.02. The highest BCUT2D eigenvalue weighted by Crippen LogP contribution is 2.27. The molecule has 1 unspecified atom stereocenters. The molecule has 0 spiro atoms. The van der Waals surface area contributed by atoms with E-state index < -0.39 is 0 Å². The average molecular weight is 239 g/mol. The van der Waals surface area contributed by atoms with Crippen LogP contribution in [-0.2, 0) is 4.74 Å². The zero-order valence-electron chi connectivity index (χ0n) is 10.6. The smallest absolute Gasteiger partial charge is 0.233 e. The van der Waals surface area contributed by atoms with Gasteiger partial charge in [0.2, 0.25) is 11.8 Å². The molecule has 5 heteroatoms. The minimum absolute atomic E-state index is 0.182. The number of aromatic nitrogens is 2. The van der Waals surface area contributed by atoms with Crippen molar-refractivity contribution in [3.8, 4) is 0 Å². The maximum Gasteiger partial charge on any atom is 0.233 e. The Morgan fingerprint density at radius 3 is 2.71 bits per heavy atom. The van der Waals surface area contributed by atoms with Crippen LogP contribution in [0, 0.1) is 0 Å². The summed E-state index contributed by atoms with van der Waals surface area (Å²) in [6.45, 7) is 6.71. The van der Waals surface area contributed by atoms with Gasteiger partial charge in [-0.2, -0.15) is 0 Å². The lowest BCUT2D eigenvalue weighted by atomic mass is 10.0. The molecule has 1 fully saturated rings. The number of nitrogens with one attached hydrogen (secondary N) is 1. The molecule has 0 aromatic carbocycles. The van der Waals surface area contributed by atoms with Gasteiger partial charge < -0.3 is 14.5 Å². The molecule has 17 heavy (non-hydrogen) atoms. The van der Waals surface area contributed by atoms with Gasteiger partial charge in [0.25, 0.3) is 0 Å². The Morgan fingerprint density at radius 2 is 2.06 bits per heavy atom. The number of hydrogen-bond donors (Lipinski definition) is 1. The van der Waals surface area contributed by atoms with E-state index in [1.807, 2.05) is 0 Å². The lowest BCUT2D eigenvalue weighted by molar-refractivity contribution is 0.0789. The number of nitrogens with zero attached hydrogens (tertiary/aromatic N) is 2. The van der Waals surface area contributed by atoms with Gasteiger partial charge in [0.05, 0.1) is 6.04 Å². The highest BCUT2D eigenvalue weighted by molar-refractivity contribution is 4.95. The molecule has 1 N–H and O–H groups in total. The molecule has 2 heterocycles. The molecule has 0 amide bonds. The normalized spacial score (nSPS) is 19.4. The topological polar surface area (TPSA) is 60.2 Å². The summed E-state index contributed by atoms with van der Waals surface area (Å²) in [6, 6.07) is 0.182. The molecule has 5 nitrogen and oxygen atoms in total. The van der Waals surface area contributed by atoms with Crippen LogP contribution in [0.25, 0.3) is 0 Å². The Bertz CT molecular complexity index is 315. The van der Waals surface area contributed by atoms with Gasteiger partial charge in [0.1, 0.15) is 0 Å². The Hall–Kier alpha value is -0.940. The fraction of sp³-hybridized carbons (Fsp3) is 0.833. The van der Waals surface area contributed by atoms with E-state index in [4.69, 9.17) is 9.15 Å². The van der Waals surface area contributed by atoms with Gasteiger partial charge in [-0.3, -0.25) is 0 Å². The third-order valence-electron chi connectivity index (χ3n) is 3.18. The zero-order valence-corrected chi connectivity index (χ0v) is 10.6. The van der Waals surface area contributed by atoms with Crippen LogP contribution in [0.5, 0.6) is 0 Å². The Balaban J connectivity index is 2.03. The molecule has 0 bridgehead atoms. The summed E-state index contributed by atoms with van der Waals surface area (Å²) in [7, 11) is 0. The van der Waals surface area contributed by atoms with E-state index in [9.17, 15) is 0 Å². The molecule has 96 valence electrons. The number of rotatable bonds is 5. The zero-order chi connectivity index (χ0) is 12.1. The monoisotopic (exact) mass is 239 g/mol. The number of hydrogen-bond acceptors (Lipinski definition) is 5. The maximum absolute atomic E-state index is 5.79. The van der Waals surface area contributed by atoms with Crippen molar-refractivity contribution in [3.63, 3.8) is 0 Å². The van der Waals surface area contributed by atoms with Crippen molar-refractivity contribution in [2.75, 3.05) is 19.8 Å². The van der Waals surface area contributed by atoms with E-state index >= 15 is 0 Å². The first kappa shape index (κ1) is 12.5. The third-order valence-corrected chi connectivity index (χ3v) is 3.18. The van der Waals surface area contributed by atoms with Gasteiger partial charge in [0.15, 0.2) is 0 Å². The molecule has 0 radical (unpaired) electrons. The van der Waals surface area contributed by atoms with Crippen LogP contribution >= 0.6 is 0 Å². The van der Waals surface area contributed by atoms with Crippen LogP contribution in [0.2, 0.25) is 0 Å². The Morgan fingerprint density at radius 1 is 1.29 bits per heavy atom. The van der Waals surface area contributed by atoms with Crippen LogP contribution in [-0.4, -0.2) is 30.0 Å². The molecule has 1 atom stereocenters. The summed E-state index contributed by atoms with van der Waals surface area (Å²) < 4.78 is 11.1. The van der Waals surface area contributed by atoms with Crippen molar-refractivity contribution < 1.29 is 9.15 Å². The molecule has 0 aliphatic carbocycles. The summed E-state index contributed by atoms with van der Waals surface area (Å²) in [5.41, 5.74) is 0. The second-order valence-electron chi connectivity index (χ2n) is 4.38. The third kappa shape index (κ3) is 3.04. The van der Waals surface area contributed by atoms with Crippen molar-refractivity contribution in [2.45, 2.75) is 45.1 Å². The molecule has 1 aliphatic rings. The standard InChI is InChI=1S/C12H21N3O2/c1-3-10(13-4-2)12-15-14-11(17-12)9-5-7-16-8-6-9/h9-10,13H,3-8H2,1-2H3. The SMILES string of the molecule is CCNC(CC)c1nnc(C2CCOCC2)o1. The van der Waals surface area contributed by atoms with Gasteiger partial charge >= 0.3 is 0 Å². The van der Waals surface area contributed by atoms with Crippen LogP contribution in [0.4, 0.5) is 0 Å². The van der Waals surface area contributed by atoms with E-state index in [0.717, 1.165) is 50.8 Å². The highest BCUT2D eigenvalue weighted by atomic mass is 16.5. The van der Waals surface area contributed by atoms with Crippen molar-refractivity contribution in [3.05, 3.63) is 11.8 Å². The fourth-order valence-electron chi connectivity index (χ4n) is 2.15. The molecular weight excluding hydrogens is 218 g/mol. The molecule has 2 rings (SSSR count). The second kappa shape index (κ2) is 6.12. The summed E-state index contributed by atoms with van der Waals surface area (Å²) >= 11 is 0. The number of ether oxygens (including phenoxy) is 1. The van der Waals surface area contributed by atoms with Gasteiger partial charge in [-0.15, -0.1) is 10.2 Å². The summed E-state index contributed by atoms with van der Waals surface area (Å²) in [4.78, 5) is 0. The molecule has 1 aliphatic heterocycles. The first-order valence-corrected chi connectivity index (χ1v) is 6.49. The van der Waals surface area contributed by atoms with Crippen LogP contribution < -0.4 is 5.32 Å². The van der Waals surface area contributed by atoms with Gasteiger partial charge in [-0.05, 0) is 25.8 Å². The Kier molecular flexibility index (Phi) is 4.50. The van der Waals surface area contributed by atoms with Crippen molar-refractivity contribution in [2.24, 2.45) is 0 Å². The van der Waals surface area contributed by atoms with Crippen LogP contribution in [0.15, 0.2) is 4.42 Å². The molecule has 1 aromatic rings. The van der Waals surface area contributed by atoms with E-state index in [2.05, 4.69) is 29.4 Å². The minimum Gasteiger partial charge on any atom is -0.423 e. The van der Waals surface area contributed by atoms with Crippen LogP contribution in [0.3, 0.4) is 0 Å². The van der Waals surface area contributed by atoms with E-state index in [0.29, 0.717) is 5.92 Å². The quantitative estimate of drug-likeness (QED) is 0.851.